The minimum absolute atomic E-state index is 0.151. The first-order valence-electron chi connectivity index (χ1n) is 8.54. The molecule has 0 radical (unpaired) electrons. The highest BCUT2D eigenvalue weighted by Gasteiger charge is 2.09. The van der Waals surface area contributed by atoms with E-state index in [4.69, 9.17) is 4.74 Å². The fourth-order valence-electron chi connectivity index (χ4n) is 2.35. The summed E-state index contributed by atoms with van der Waals surface area (Å²) in [7, 11) is 1.35. The lowest BCUT2D eigenvalue weighted by Gasteiger charge is -2.12. The van der Waals surface area contributed by atoms with Crippen LogP contribution in [0.1, 0.15) is 16.7 Å². The number of benzene rings is 2. The number of hydrazone groups is 1. The monoisotopic (exact) mass is 382 g/mol. The van der Waals surface area contributed by atoms with E-state index >= 15 is 0 Å². The van der Waals surface area contributed by atoms with Crippen LogP contribution in [0, 0.1) is 13.8 Å². The van der Waals surface area contributed by atoms with Gasteiger partial charge in [0.25, 0.3) is 5.91 Å². The van der Waals surface area contributed by atoms with Crippen molar-refractivity contribution in [1.82, 2.24) is 10.7 Å². The molecule has 0 aliphatic heterocycles. The van der Waals surface area contributed by atoms with Crippen LogP contribution in [0.15, 0.2) is 47.6 Å². The molecule has 0 bridgehead atoms. The Labute approximate surface area is 163 Å². The highest BCUT2D eigenvalue weighted by Crippen LogP contribution is 2.19. The summed E-state index contributed by atoms with van der Waals surface area (Å²) < 4.78 is 5.52. The Balaban J connectivity index is 1.91. The molecule has 0 atom stereocenters. The number of para-hydroxylation sites is 1. The minimum atomic E-state index is -0.866. The van der Waals surface area contributed by atoms with E-state index in [1.54, 1.807) is 24.3 Å². The Bertz CT molecular complexity index is 889. The van der Waals surface area contributed by atoms with E-state index in [0.29, 0.717) is 11.3 Å². The number of hydrogen-bond acceptors (Lipinski definition) is 5. The number of hydrogen-bond donors (Lipinski definition) is 3. The lowest BCUT2D eigenvalue weighted by Crippen LogP contribution is -2.35. The van der Waals surface area contributed by atoms with Crippen LogP contribution in [0.25, 0.3) is 0 Å². The van der Waals surface area contributed by atoms with E-state index in [1.807, 2.05) is 32.0 Å². The molecule has 28 heavy (non-hydrogen) atoms. The van der Waals surface area contributed by atoms with Gasteiger partial charge < -0.3 is 15.4 Å². The number of nitrogens with zero attached hydrogens (tertiary/aromatic N) is 1. The maximum Gasteiger partial charge on any atom is 0.329 e. The van der Waals surface area contributed by atoms with Crippen molar-refractivity contribution in [3.05, 3.63) is 59.2 Å². The van der Waals surface area contributed by atoms with Gasteiger partial charge in [0.1, 0.15) is 5.75 Å². The highest BCUT2D eigenvalue weighted by molar-refractivity contribution is 6.35. The number of likely N-dealkylation sites (N-methyl/N-ethyl adjacent to an activating group) is 1. The molecule has 8 heteroatoms. The van der Waals surface area contributed by atoms with Crippen molar-refractivity contribution in [1.29, 1.82) is 0 Å². The number of aryl methyl sites for hydroxylation is 2. The van der Waals surface area contributed by atoms with Crippen molar-refractivity contribution in [2.75, 3.05) is 19.0 Å². The van der Waals surface area contributed by atoms with Gasteiger partial charge in [0, 0.05) is 12.7 Å². The molecule has 2 rings (SSSR count). The van der Waals surface area contributed by atoms with Crippen molar-refractivity contribution in [3.8, 4) is 5.75 Å². The number of amides is 3. The molecule has 0 aliphatic carbocycles. The molecule has 2 aromatic carbocycles. The Hall–Kier alpha value is -3.68. The number of carbonyl (C=O) groups excluding carboxylic acids is 3. The predicted octanol–water partition coefficient (Wildman–Crippen LogP) is 1.52. The van der Waals surface area contributed by atoms with E-state index in [-0.39, 0.29) is 12.5 Å². The van der Waals surface area contributed by atoms with Crippen molar-refractivity contribution in [2.24, 2.45) is 5.10 Å². The van der Waals surface area contributed by atoms with E-state index < -0.39 is 11.8 Å². The second-order valence-corrected chi connectivity index (χ2v) is 5.95. The standard InChI is InChI=1S/C20H22N4O4/c1-13-6-4-7-14(2)18(13)23-17(25)12-28-16-9-5-8-15(10-16)11-22-24-20(27)19(26)21-3/h4-11H,12H2,1-3H3,(H,21,26)(H,23,25)(H,24,27)/b22-11-. The van der Waals surface area contributed by atoms with E-state index in [2.05, 4.69) is 21.2 Å². The molecular weight excluding hydrogens is 360 g/mol. The first-order chi connectivity index (χ1) is 13.4. The number of anilines is 1. The average molecular weight is 382 g/mol. The van der Waals surface area contributed by atoms with E-state index in [1.165, 1.54) is 13.3 Å². The topological polar surface area (TPSA) is 109 Å². The molecule has 0 aliphatic rings. The third-order valence-electron chi connectivity index (χ3n) is 3.79. The maximum absolute atomic E-state index is 12.2. The number of carbonyl (C=O) groups is 3. The van der Waals surface area contributed by atoms with Gasteiger partial charge in [0.15, 0.2) is 6.61 Å². The van der Waals surface area contributed by atoms with Gasteiger partial charge in [-0.2, -0.15) is 5.10 Å². The van der Waals surface area contributed by atoms with Gasteiger partial charge in [0.05, 0.1) is 6.21 Å². The molecule has 2 aromatic rings. The van der Waals surface area contributed by atoms with Gasteiger partial charge >= 0.3 is 11.8 Å². The summed E-state index contributed by atoms with van der Waals surface area (Å²) in [4.78, 5) is 34.5. The molecule has 0 saturated heterocycles. The zero-order valence-corrected chi connectivity index (χ0v) is 15.9. The zero-order valence-electron chi connectivity index (χ0n) is 15.9. The summed E-state index contributed by atoms with van der Waals surface area (Å²) in [5.74, 6) is -1.45. The van der Waals surface area contributed by atoms with Crippen LogP contribution in [-0.2, 0) is 14.4 Å². The summed E-state index contributed by atoms with van der Waals surface area (Å²) in [6, 6.07) is 12.6. The van der Waals surface area contributed by atoms with Crippen molar-refractivity contribution in [2.45, 2.75) is 13.8 Å². The molecule has 0 heterocycles. The van der Waals surface area contributed by atoms with Gasteiger partial charge in [-0.1, -0.05) is 30.3 Å². The Kier molecular flexibility index (Phi) is 7.27. The molecule has 8 nitrogen and oxygen atoms in total. The molecule has 0 spiro atoms. The molecule has 146 valence electrons. The lowest BCUT2D eigenvalue weighted by atomic mass is 10.1. The molecule has 3 N–H and O–H groups in total. The van der Waals surface area contributed by atoms with Gasteiger partial charge in [-0.3, -0.25) is 14.4 Å². The summed E-state index contributed by atoms with van der Waals surface area (Å²) >= 11 is 0. The van der Waals surface area contributed by atoms with Crippen LogP contribution in [-0.4, -0.2) is 37.6 Å². The molecular formula is C20H22N4O4. The quantitative estimate of drug-likeness (QED) is 0.400. The summed E-state index contributed by atoms with van der Waals surface area (Å²) in [5, 5.41) is 8.74. The Morgan fingerprint density at radius 2 is 1.71 bits per heavy atom. The van der Waals surface area contributed by atoms with Gasteiger partial charge in [-0.25, -0.2) is 5.43 Å². The van der Waals surface area contributed by atoms with E-state index in [0.717, 1.165) is 16.8 Å². The van der Waals surface area contributed by atoms with Gasteiger partial charge in [-0.15, -0.1) is 0 Å². The largest absolute Gasteiger partial charge is 0.484 e. The molecule has 0 saturated carbocycles. The first kappa shape index (κ1) is 20.6. The summed E-state index contributed by atoms with van der Waals surface area (Å²) in [6.07, 6.45) is 1.37. The van der Waals surface area contributed by atoms with Crippen molar-refractivity contribution < 1.29 is 19.1 Å². The smallest absolute Gasteiger partial charge is 0.329 e. The average Bonchev–Trinajstić information content (AvgIpc) is 2.69. The molecule has 0 unspecified atom stereocenters. The third-order valence-corrected chi connectivity index (χ3v) is 3.79. The summed E-state index contributed by atoms with van der Waals surface area (Å²) in [6.45, 7) is 3.70. The zero-order chi connectivity index (χ0) is 20.5. The number of ether oxygens (including phenoxy) is 1. The van der Waals surface area contributed by atoms with Crippen LogP contribution >= 0.6 is 0 Å². The normalized spacial score (nSPS) is 10.4. The fraction of sp³-hybridized carbons (Fsp3) is 0.200. The molecule has 3 amide bonds. The van der Waals surface area contributed by atoms with Crippen LogP contribution in [0.5, 0.6) is 5.75 Å². The SMILES string of the molecule is CNC(=O)C(=O)N/N=C\c1cccc(OCC(=O)Nc2c(C)cccc2C)c1. The van der Waals surface area contributed by atoms with E-state index in [9.17, 15) is 14.4 Å². The first-order valence-corrected chi connectivity index (χ1v) is 8.54. The van der Waals surface area contributed by atoms with Gasteiger partial charge in [-0.05, 0) is 42.7 Å². The second kappa shape index (κ2) is 9.86. The summed E-state index contributed by atoms with van der Waals surface area (Å²) in [5.41, 5.74) is 5.47. The molecule has 0 fully saturated rings. The number of rotatable bonds is 6. The second-order valence-electron chi connectivity index (χ2n) is 5.95. The van der Waals surface area contributed by atoms with Crippen LogP contribution in [0.3, 0.4) is 0 Å². The van der Waals surface area contributed by atoms with Crippen LogP contribution < -0.4 is 20.8 Å². The minimum Gasteiger partial charge on any atom is -0.484 e. The van der Waals surface area contributed by atoms with Crippen LogP contribution in [0.4, 0.5) is 5.69 Å². The predicted molar refractivity (Wildman–Crippen MR) is 106 cm³/mol. The Morgan fingerprint density at radius 1 is 1.04 bits per heavy atom. The maximum atomic E-state index is 12.2. The van der Waals surface area contributed by atoms with Crippen molar-refractivity contribution in [3.63, 3.8) is 0 Å². The van der Waals surface area contributed by atoms with Gasteiger partial charge in [0.2, 0.25) is 0 Å². The molecule has 0 aromatic heterocycles. The third kappa shape index (κ3) is 5.94. The lowest BCUT2D eigenvalue weighted by molar-refractivity contribution is -0.138. The number of nitrogens with one attached hydrogen (secondary N) is 3. The fourth-order valence-corrected chi connectivity index (χ4v) is 2.35. The Morgan fingerprint density at radius 3 is 2.39 bits per heavy atom. The van der Waals surface area contributed by atoms with Crippen molar-refractivity contribution >= 4 is 29.6 Å². The highest BCUT2D eigenvalue weighted by atomic mass is 16.5. The van der Waals surface area contributed by atoms with Crippen LogP contribution in [0.2, 0.25) is 0 Å².